The van der Waals surface area contributed by atoms with Crippen LogP contribution in [-0.4, -0.2) is 34.7 Å². The van der Waals surface area contributed by atoms with Crippen LogP contribution < -0.4 is 5.32 Å². The summed E-state index contributed by atoms with van der Waals surface area (Å²) in [4.78, 5) is 11.2. The first-order valence-electron chi connectivity index (χ1n) is 7.02. The third kappa shape index (κ3) is 7.27. The number of aliphatic carboxylic acids is 1. The topological polar surface area (TPSA) is 49.3 Å². The number of unbranched alkanes of at least 4 members (excludes halogenated alkanes) is 1. The maximum Gasteiger partial charge on any atom is 0.323 e. The van der Waals surface area contributed by atoms with Crippen LogP contribution in [-0.2, 0) is 4.79 Å². The molecule has 0 aliphatic heterocycles. The smallest absolute Gasteiger partial charge is 0.323 e. The zero-order valence-corrected chi connectivity index (χ0v) is 13.1. The molecule has 108 valence electrons. The van der Waals surface area contributed by atoms with Crippen molar-refractivity contribution in [3.05, 3.63) is 0 Å². The summed E-state index contributed by atoms with van der Waals surface area (Å²) >= 11 is 1.99. The van der Waals surface area contributed by atoms with E-state index in [0.29, 0.717) is 13.0 Å². The van der Waals surface area contributed by atoms with E-state index in [9.17, 15) is 9.90 Å². The average Bonchev–Trinajstić information content (AvgIpc) is 2.33. The van der Waals surface area contributed by atoms with Gasteiger partial charge < -0.3 is 10.4 Å². The second-order valence-electron chi connectivity index (χ2n) is 5.21. The quantitative estimate of drug-likeness (QED) is 0.568. The van der Waals surface area contributed by atoms with Crippen molar-refractivity contribution < 1.29 is 9.90 Å². The van der Waals surface area contributed by atoms with E-state index in [-0.39, 0.29) is 0 Å². The average molecular weight is 275 g/mol. The van der Waals surface area contributed by atoms with Gasteiger partial charge in [-0.2, -0.15) is 11.8 Å². The summed E-state index contributed by atoms with van der Waals surface area (Å²) in [5.74, 6) is 2.42. The van der Waals surface area contributed by atoms with Crippen molar-refractivity contribution in [3.63, 3.8) is 0 Å². The van der Waals surface area contributed by atoms with Crippen molar-refractivity contribution in [1.82, 2.24) is 5.32 Å². The van der Waals surface area contributed by atoms with E-state index >= 15 is 0 Å². The Labute approximate surface area is 116 Å². The van der Waals surface area contributed by atoms with E-state index in [2.05, 4.69) is 19.2 Å². The van der Waals surface area contributed by atoms with E-state index in [1.54, 1.807) is 6.92 Å². The van der Waals surface area contributed by atoms with E-state index in [1.165, 1.54) is 12.2 Å². The molecule has 2 N–H and O–H groups in total. The highest BCUT2D eigenvalue weighted by molar-refractivity contribution is 7.99. The van der Waals surface area contributed by atoms with Gasteiger partial charge in [0.05, 0.1) is 0 Å². The van der Waals surface area contributed by atoms with Gasteiger partial charge in [0.2, 0.25) is 0 Å². The van der Waals surface area contributed by atoms with Crippen LogP contribution in [0.2, 0.25) is 0 Å². The van der Waals surface area contributed by atoms with Crippen molar-refractivity contribution in [2.45, 2.75) is 58.9 Å². The second kappa shape index (κ2) is 9.68. The SMILES string of the molecule is CCNC(C)(CCCCSCC(C)CC)C(=O)O. The van der Waals surface area contributed by atoms with Crippen molar-refractivity contribution >= 4 is 17.7 Å². The monoisotopic (exact) mass is 275 g/mol. The molecule has 0 bridgehead atoms. The molecule has 0 aliphatic rings. The summed E-state index contributed by atoms with van der Waals surface area (Å²) in [6, 6.07) is 0. The fraction of sp³-hybridized carbons (Fsp3) is 0.929. The van der Waals surface area contributed by atoms with Crippen LogP contribution in [0.25, 0.3) is 0 Å². The molecule has 0 amide bonds. The second-order valence-corrected chi connectivity index (χ2v) is 6.36. The van der Waals surface area contributed by atoms with Crippen molar-refractivity contribution in [1.29, 1.82) is 0 Å². The molecule has 2 unspecified atom stereocenters. The molecular formula is C14H29NO2S. The van der Waals surface area contributed by atoms with Gasteiger partial charge in [-0.25, -0.2) is 0 Å². The minimum Gasteiger partial charge on any atom is -0.480 e. The molecule has 0 aromatic heterocycles. The molecule has 0 fully saturated rings. The van der Waals surface area contributed by atoms with Gasteiger partial charge in [-0.3, -0.25) is 4.79 Å². The molecule has 0 heterocycles. The van der Waals surface area contributed by atoms with Crippen LogP contribution >= 0.6 is 11.8 Å². The molecule has 0 aliphatic carbocycles. The minimum atomic E-state index is -0.754. The maximum atomic E-state index is 11.2. The Morgan fingerprint density at radius 2 is 2.06 bits per heavy atom. The fourth-order valence-electron chi connectivity index (χ4n) is 1.75. The molecule has 0 radical (unpaired) electrons. The Kier molecular flexibility index (Phi) is 9.56. The minimum absolute atomic E-state index is 0.700. The molecule has 4 heteroatoms. The number of carbonyl (C=O) groups is 1. The van der Waals surface area contributed by atoms with E-state index < -0.39 is 11.5 Å². The Bertz CT molecular complexity index is 236. The van der Waals surface area contributed by atoms with E-state index in [0.717, 1.165) is 24.5 Å². The lowest BCUT2D eigenvalue weighted by Crippen LogP contribution is -2.49. The number of nitrogens with one attached hydrogen (secondary N) is 1. The van der Waals surface area contributed by atoms with E-state index in [4.69, 9.17) is 0 Å². The van der Waals surface area contributed by atoms with Crippen LogP contribution in [0.5, 0.6) is 0 Å². The van der Waals surface area contributed by atoms with Crippen LogP contribution in [0.15, 0.2) is 0 Å². The van der Waals surface area contributed by atoms with Crippen molar-refractivity contribution in [2.75, 3.05) is 18.1 Å². The fourth-order valence-corrected chi connectivity index (χ4v) is 2.96. The zero-order chi connectivity index (χ0) is 14.0. The number of carboxylic acids is 1. The molecule has 0 saturated carbocycles. The summed E-state index contributed by atoms with van der Waals surface area (Å²) in [7, 11) is 0. The first kappa shape index (κ1) is 17.8. The van der Waals surface area contributed by atoms with Crippen LogP contribution in [0, 0.1) is 5.92 Å². The maximum absolute atomic E-state index is 11.2. The molecule has 3 nitrogen and oxygen atoms in total. The number of hydrogen-bond acceptors (Lipinski definition) is 3. The Balaban J connectivity index is 3.71. The largest absolute Gasteiger partial charge is 0.480 e. The van der Waals surface area contributed by atoms with Crippen LogP contribution in [0.4, 0.5) is 0 Å². The van der Waals surface area contributed by atoms with Crippen LogP contribution in [0.3, 0.4) is 0 Å². The van der Waals surface area contributed by atoms with Gasteiger partial charge >= 0.3 is 5.97 Å². The normalized spacial score (nSPS) is 16.2. The number of rotatable bonds is 11. The predicted octanol–water partition coefficient (Wildman–Crippen LogP) is 3.39. The highest BCUT2D eigenvalue weighted by Crippen LogP contribution is 2.17. The summed E-state index contributed by atoms with van der Waals surface area (Å²) in [5.41, 5.74) is -0.754. The van der Waals surface area contributed by atoms with Gasteiger partial charge in [-0.15, -0.1) is 0 Å². The predicted molar refractivity (Wildman–Crippen MR) is 80.3 cm³/mol. The molecule has 0 aromatic carbocycles. The molecule has 0 saturated heterocycles. The lowest BCUT2D eigenvalue weighted by atomic mass is 9.95. The molecule has 0 spiro atoms. The number of thioether (sulfide) groups is 1. The number of likely N-dealkylation sites (N-methyl/N-ethyl adjacent to an activating group) is 1. The van der Waals surface area contributed by atoms with Crippen molar-refractivity contribution in [3.8, 4) is 0 Å². The number of carboxylic acid groups (broad SMARTS) is 1. The van der Waals surface area contributed by atoms with Gasteiger partial charge in [0, 0.05) is 0 Å². The molecule has 0 rings (SSSR count). The van der Waals surface area contributed by atoms with Gasteiger partial charge in [0.1, 0.15) is 5.54 Å². The highest BCUT2D eigenvalue weighted by atomic mass is 32.2. The number of hydrogen-bond donors (Lipinski definition) is 2. The Morgan fingerprint density at radius 1 is 1.39 bits per heavy atom. The molecule has 18 heavy (non-hydrogen) atoms. The summed E-state index contributed by atoms with van der Waals surface area (Å²) in [6.45, 7) is 8.93. The van der Waals surface area contributed by atoms with Gasteiger partial charge in [0.15, 0.2) is 0 Å². The van der Waals surface area contributed by atoms with Gasteiger partial charge in [-0.1, -0.05) is 33.6 Å². The molecular weight excluding hydrogens is 246 g/mol. The van der Waals surface area contributed by atoms with E-state index in [1.807, 2.05) is 18.7 Å². The molecule has 2 atom stereocenters. The third-order valence-corrected chi connectivity index (χ3v) is 4.74. The Hall–Kier alpha value is -0.220. The summed E-state index contributed by atoms with van der Waals surface area (Å²) in [6.07, 6.45) is 4.03. The third-order valence-electron chi connectivity index (χ3n) is 3.35. The lowest BCUT2D eigenvalue weighted by Gasteiger charge is -2.25. The highest BCUT2D eigenvalue weighted by Gasteiger charge is 2.30. The van der Waals surface area contributed by atoms with Crippen LogP contribution in [0.1, 0.15) is 53.4 Å². The zero-order valence-electron chi connectivity index (χ0n) is 12.3. The van der Waals surface area contributed by atoms with Gasteiger partial charge in [0.25, 0.3) is 0 Å². The lowest BCUT2D eigenvalue weighted by molar-refractivity contribution is -0.144. The first-order chi connectivity index (χ1) is 8.46. The standard InChI is InChI=1S/C14H29NO2S/c1-5-12(3)11-18-10-8-7-9-14(4,13(16)17)15-6-2/h12,15H,5-11H2,1-4H3,(H,16,17). The summed E-state index contributed by atoms with van der Waals surface area (Å²) < 4.78 is 0. The van der Waals surface area contributed by atoms with Gasteiger partial charge in [-0.05, 0) is 43.7 Å². The first-order valence-corrected chi connectivity index (χ1v) is 8.17. The van der Waals surface area contributed by atoms with Crippen molar-refractivity contribution in [2.24, 2.45) is 5.92 Å². The summed E-state index contributed by atoms with van der Waals surface area (Å²) in [5, 5.41) is 12.3. The molecule has 0 aromatic rings. The Morgan fingerprint density at radius 3 is 2.56 bits per heavy atom.